The summed E-state index contributed by atoms with van der Waals surface area (Å²) in [6, 6.07) is 21.6. The van der Waals surface area contributed by atoms with Crippen molar-refractivity contribution in [2.45, 2.75) is 26.8 Å². The Balaban J connectivity index is 1.89. The second-order valence-corrected chi connectivity index (χ2v) is 5.54. The van der Waals surface area contributed by atoms with Crippen LogP contribution in [0.25, 0.3) is 11.1 Å². The molecule has 106 valence electrons. The van der Waals surface area contributed by atoms with E-state index >= 15 is 0 Å². The third-order valence-corrected chi connectivity index (χ3v) is 3.91. The molecule has 0 N–H and O–H groups in total. The molecule has 0 aliphatic carbocycles. The van der Waals surface area contributed by atoms with Crippen molar-refractivity contribution in [1.29, 1.82) is 0 Å². The Kier molecular flexibility index (Phi) is 3.61. The summed E-state index contributed by atoms with van der Waals surface area (Å²) in [5.74, 6) is 0. The van der Waals surface area contributed by atoms with Gasteiger partial charge in [-0.25, -0.2) is 0 Å². The first-order valence-electron chi connectivity index (χ1n) is 7.33. The van der Waals surface area contributed by atoms with Crippen LogP contribution in [-0.4, -0.2) is 9.78 Å². The molecule has 0 radical (unpaired) electrons. The molecule has 1 unspecified atom stereocenters. The minimum Gasteiger partial charge on any atom is -0.262 e. The van der Waals surface area contributed by atoms with Crippen LogP contribution < -0.4 is 0 Å². The molecule has 0 spiro atoms. The molecule has 0 amide bonds. The number of nitrogens with zero attached hydrogens (tertiary/aromatic N) is 2. The molecule has 2 heteroatoms. The zero-order valence-electron chi connectivity index (χ0n) is 12.7. The fraction of sp³-hybridized carbons (Fsp3) is 0.211. The Morgan fingerprint density at radius 1 is 0.857 bits per heavy atom. The van der Waals surface area contributed by atoms with Gasteiger partial charge in [0, 0.05) is 5.69 Å². The van der Waals surface area contributed by atoms with Gasteiger partial charge < -0.3 is 0 Å². The highest BCUT2D eigenvalue weighted by Crippen LogP contribution is 2.24. The van der Waals surface area contributed by atoms with E-state index in [1.165, 1.54) is 22.4 Å². The average Bonchev–Trinajstić information content (AvgIpc) is 2.86. The summed E-state index contributed by atoms with van der Waals surface area (Å²) in [5, 5.41) is 4.58. The van der Waals surface area contributed by atoms with Crippen LogP contribution in [0.4, 0.5) is 0 Å². The van der Waals surface area contributed by atoms with E-state index in [1.807, 2.05) is 13.0 Å². The molecule has 0 fully saturated rings. The second-order valence-electron chi connectivity index (χ2n) is 5.54. The first-order chi connectivity index (χ1) is 10.1. The Labute approximate surface area is 126 Å². The number of rotatable bonds is 3. The van der Waals surface area contributed by atoms with Crippen LogP contribution in [0.2, 0.25) is 0 Å². The minimum atomic E-state index is 0.253. The summed E-state index contributed by atoms with van der Waals surface area (Å²) < 4.78 is 2.09. The lowest BCUT2D eigenvalue weighted by molar-refractivity contribution is 0.546. The van der Waals surface area contributed by atoms with Gasteiger partial charge in [0.25, 0.3) is 0 Å². The van der Waals surface area contributed by atoms with Gasteiger partial charge in [0.2, 0.25) is 0 Å². The minimum absolute atomic E-state index is 0.253. The van der Waals surface area contributed by atoms with Crippen molar-refractivity contribution in [2.75, 3.05) is 0 Å². The topological polar surface area (TPSA) is 17.8 Å². The molecular weight excluding hydrogens is 256 g/mol. The summed E-state index contributed by atoms with van der Waals surface area (Å²) in [7, 11) is 0. The average molecular weight is 276 g/mol. The van der Waals surface area contributed by atoms with Crippen molar-refractivity contribution in [2.24, 2.45) is 0 Å². The molecule has 0 aliphatic rings. The number of aromatic nitrogens is 2. The third-order valence-electron chi connectivity index (χ3n) is 3.91. The van der Waals surface area contributed by atoms with E-state index in [4.69, 9.17) is 0 Å². The van der Waals surface area contributed by atoms with Gasteiger partial charge in [-0.05, 0) is 43.5 Å². The molecule has 3 rings (SSSR count). The quantitative estimate of drug-likeness (QED) is 0.673. The van der Waals surface area contributed by atoms with E-state index in [0.29, 0.717) is 0 Å². The fourth-order valence-corrected chi connectivity index (χ4v) is 2.76. The van der Waals surface area contributed by atoms with Crippen molar-refractivity contribution < 1.29 is 0 Å². The van der Waals surface area contributed by atoms with Crippen LogP contribution in [0.3, 0.4) is 0 Å². The van der Waals surface area contributed by atoms with Crippen molar-refractivity contribution in [3.05, 3.63) is 77.6 Å². The van der Waals surface area contributed by atoms with Crippen LogP contribution in [0.5, 0.6) is 0 Å². The maximum absolute atomic E-state index is 4.58. The Hall–Kier alpha value is -2.35. The lowest BCUT2D eigenvalue weighted by atomic mass is 10.0. The van der Waals surface area contributed by atoms with Gasteiger partial charge >= 0.3 is 0 Å². The number of hydrogen-bond acceptors (Lipinski definition) is 1. The van der Waals surface area contributed by atoms with E-state index in [1.54, 1.807) is 0 Å². The van der Waals surface area contributed by atoms with Crippen LogP contribution in [-0.2, 0) is 0 Å². The van der Waals surface area contributed by atoms with Gasteiger partial charge in [0.1, 0.15) is 0 Å². The van der Waals surface area contributed by atoms with Gasteiger partial charge in [-0.2, -0.15) is 5.10 Å². The first-order valence-corrected chi connectivity index (χ1v) is 7.33. The molecule has 0 bridgehead atoms. The molecule has 0 saturated carbocycles. The van der Waals surface area contributed by atoms with E-state index in [9.17, 15) is 0 Å². The lowest BCUT2D eigenvalue weighted by Crippen LogP contribution is -2.10. The number of aryl methyl sites for hydroxylation is 2. The number of benzene rings is 2. The molecule has 0 aliphatic heterocycles. The standard InChI is InChI=1S/C19H20N2/c1-14-13-15(2)21(20-14)16(3)17-9-11-19(12-10-17)18-7-5-4-6-8-18/h4-13,16H,1-3H3. The van der Waals surface area contributed by atoms with Crippen molar-refractivity contribution in [3.63, 3.8) is 0 Å². The lowest BCUT2D eigenvalue weighted by Gasteiger charge is -2.15. The van der Waals surface area contributed by atoms with Crippen LogP contribution in [0.15, 0.2) is 60.7 Å². The molecule has 2 aromatic carbocycles. The van der Waals surface area contributed by atoms with E-state index < -0.39 is 0 Å². The van der Waals surface area contributed by atoms with Crippen molar-refractivity contribution >= 4 is 0 Å². The predicted molar refractivity (Wildman–Crippen MR) is 87.4 cm³/mol. The van der Waals surface area contributed by atoms with Gasteiger partial charge in [-0.15, -0.1) is 0 Å². The first kappa shape index (κ1) is 13.6. The van der Waals surface area contributed by atoms with E-state index in [2.05, 4.69) is 78.2 Å². The predicted octanol–water partition coefficient (Wildman–Crippen LogP) is 4.78. The van der Waals surface area contributed by atoms with Crippen molar-refractivity contribution in [3.8, 4) is 11.1 Å². The molecule has 1 heterocycles. The van der Waals surface area contributed by atoms with Gasteiger partial charge in [0.15, 0.2) is 0 Å². The molecule has 0 saturated heterocycles. The molecule has 1 aromatic heterocycles. The molecule has 21 heavy (non-hydrogen) atoms. The summed E-state index contributed by atoms with van der Waals surface area (Å²) in [6.07, 6.45) is 0. The largest absolute Gasteiger partial charge is 0.262 e. The summed E-state index contributed by atoms with van der Waals surface area (Å²) in [4.78, 5) is 0. The molecule has 2 nitrogen and oxygen atoms in total. The summed E-state index contributed by atoms with van der Waals surface area (Å²) in [5.41, 5.74) is 6.05. The maximum atomic E-state index is 4.58. The molecular formula is C19H20N2. The van der Waals surface area contributed by atoms with Crippen molar-refractivity contribution in [1.82, 2.24) is 9.78 Å². The highest BCUT2D eigenvalue weighted by molar-refractivity contribution is 5.63. The monoisotopic (exact) mass is 276 g/mol. The highest BCUT2D eigenvalue weighted by atomic mass is 15.3. The van der Waals surface area contributed by atoms with Gasteiger partial charge in [-0.3, -0.25) is 4.68 Å². The zero-order valence-corrected chi connectivity index (χ0v) is 12.7. The Morgan fingerprint density at radius 2 is 1.48 bits per heavy atom. The highest BCUT2D eigenvalue weighted by Gasteiger charge is 2.11. The molecule has 3 aromatic rings. The van der Waals surface area contributed by atoms with E-state index in [-0.39, 0.29) is 6.04 Å². The van der Waals surface area contributed by atoms with Gasteiger partial charge in [0.05, 0.1) is 11.7 Å². The summed E-state index contributed by atoms with van der Waals surface area (Å²) >= 11 is 0. The van der Waals surface area contributed by atoms with Crippen LogP contribution >= 0.6 is 0 Å². The van der Waals surface area contributed by atoms with Crippen LogP contribution in [0, 0.1) is 13.8 Å². The zero-order chi connectivity index (χ0) is 14.8. The summed E-state index contributed by atoms with van der Waals surface area (Å²) in [6.45, 7) is 6.33. The Morgan fingerprint density at radius 3 is 2.05 bits per heavy atom. The van der Waals surface area contributed by atoms with E-state index in [0.717, 1.165) is 5.69 Å². The third kappa shape index (κ3) is 2.75. The number of hydrogen-bond donors (Lipinski definition) is 0. The van der Waals surface area contributed by atoms with Crippen LogP contribution in [0.1, 0.15) is 29.9 Å². The second kappa shape index (κ2) is 5.57. The normalized spacial score (nSPS) is 12.3. The smallest absolute Gasteiger partial charge is 0.0743 e. The molecule has 1 atom stereocenters. The fourth-order valence-electron chi connectivity index (χ4n) is 2.76. The SMILES string of the molecule is Cc1cc(C)n(C(C)c2ccc(-c3ccccc3)cc2)n1. The van der Waals surface area contributed by atoms with Gasteiger partial charge in [-0.1, -0.05) is 54.6 Å². The maximum Gasteiger partial charge on any atom is 0.0743 e. The Bertz CT molecular complexity index is 724.